The SMILES string of the molecule is C[C@H](c1ccccc1)N1CC2CCCC1(C#N)C2. The van der Waals surface area contributed by atoms with E-state index in [1.165, 1.54) is 18.4 Å². The molecule has 0 amide bonds. The van der Waals surface area contributed by atoms with Crippen LogP contribution >= 0.6 is 0 Å². The number of hydrogen-bond acceptors (Lipinski definition) is 2. The Morgan fingerprint density at radius 3 is 2.89 bits per heavy atom. The average molecular weight is 240 g/mol. The lowest BCUT2D eigenvalue weighted by molar-refractivity contribution is 0.131. The van der Waals surface area contributed by atoms with Gasteiger partial charge in [-0.3, -0.25) is 4.90 Å². The fourth-order valence-electron chi connectivity index (χ4n) is 3.84. The van der Waals surface area contributed by atoms with E-state index < -0.39 is 0 Å². The summed E-state index contributed by atoms with van der Waals surface area (Å²) in [6.07, 6.45) is 4.66. The molecule has 1 heterocycles. The van der Waals surface area contributed by atoms with Crippen LogP contribution in [0.4, 0.5) is 0 Å². The second-order valence-electron chi connectivity index (χ2n) is 5.84. The van der Waals surface area contributed by atoms with E-state index in [9.17, 15) is 5.26 Å². The lowest BCUT2D eigenvalue weighted by atomic mass is 9.80. The highest BCUT2D eigenvalue weighted by Crippen LogP contribution is 2.47. The van der Waals surface area contributed by atoms with Crippen molar-refractivity contribution in [1.82, 2.24) is 4.90 Å². The van der Waals surface area contributed by atoms with Crippen molar-refractivity contribution in [2.75, 3.05) is 6.54 Å². The third-order valence-electron chi connectivity index (χ3n) is 4.79. The average Bonchev–Trinajstić information content (AvgIpc) is 2.70. The molecule has 1 aliphatic carbocycles. The van der Waals surface area contributed by atoms with E-state index in [2.05, 4.69) is 48.2 Å². The van der Waals surface area contributed by atoms with Crippen LogP contribution in [0.2, 0.25) is 0 Å². The second-order valence-corrected chi connectivity index (χ2v) is 5.84. The maximum atomic E-state index is 9.64. The molecule has 0 aromatic heterocycles. The topological polar surface area (TPSA) is 27.0 Å². The number of rotatable bonds is 2. The highest BCUT2D eigenvalue weighted by atomic mass is 15.3. The van der Waals surface area contributed by atoms with E-state index in [-0.39, 0.29) is 5.54 Å². The summed E-state index contributed by atoms with van der Waals surface area (Å²) in [5.74, 6) is 0.740. The molecule has 1 aromatic rings. The van der Waals surface area contributed by atoms with Gasteiger partial charge in [0.15, 0.2) is 0 Å². The molecule has 1 saturated heterocycles. The van der Waals surface area contributed by atoms with Crippen LogP contribution in [0.15, 0.2) is 30.3 Å². The Labute approximate surface area is 109 Å². The van der Waals surface area contributed by atoms with E-state index in [0.717, 1.165) is 25.3 Å². The summed E-state index contributed by atoms with van der Waals surface area (Å²) in [5.41, 5.74) is 1.15. The third kappa shape index (κ3) is 1.74. The van der Waals surface area contributed by atoms with Gasteiger partial charge in [-0.05, 0) is 37.7 Å². The number of likely N-dealkylation sites (tertiary alicyclic amines) is 1. The zero-order chi connectivity index (χ0) is 12.6. The molecule has 2 heteroatoms. The molecule has 1 aromatic carbocycles. The van der Waals surface area contributed by atoms with Crippen LogP contribution in [0.5, 0.6) is 0 Å². The van der Waals surface area contributed by atoms with Gasteiger partial charge in [-0.15, -0.1) is 0 Å². The van der Waals surface area contributed by atoms with E-state index in [0.29, 0.717) is 6.04 Å². The van der Waals surface area contributed by atoms with Gasteiger partial charge in [-0.1, -0.05) is 36.8 Å². The zero-order valence-electron chi connectivity index (χ0n) is 11.0. The van der Waals surface area contributed by atoms with Crippen LogP contribution in [0.25, 0.3) is 0 Å². The van der Waals surface area contributed by atoms with Gasteiger partial charge < -0.3 is 0 Å². The summed E-state index contributed by atoms with van der Waals surface area (Å²) < 4.78 is 0. The minimum absolute atomic E-state index is 0.182. The summed E-state index contributed by atoms with van der Waals surface area (Å²) in [6.45, 7) is 3.35. The van der Waals surface area contributed by atoms with Gasteiger partial charge in [0.25, 0.3) is 0 Å². The number of fused-ring (bicyclic) bond motifs is 2. The Balaban J connectivity index is 1.90. The predicted octanol–water partition coefficient (Wildman–Crippen LogP) is 3.52. The first kappa shape index (κ1) is 11.7. The van der Waals surface area contributed by atoms with Crippen LogP contribution in [0, 0.1) is 17.2 Å². The number of hydrogen-bond donors (Lipinski definition) is 0. The van der Waals surface area contributed by atoms with E-state index in [4.69, 9.17) is 0 Å². The Morgan fingerprint density at radius 2 is 2.17 bits per heavy atom. The minimum Gasteiger partial charge on any atom is -0.278 e. The molecule has 1 saturated carbocycles. The molecule has 18 heavy (non-hydrogen) atoms. The molecular weight excluding hydrogens is 220 g/mol. The minimum atomic E-state index is -0.182. The van der Waals surface area contributed by atoms with Crippen molar-refractivity contribution in [2.24, 2.45) is 5.92 Å². The van der Waals surface area contributed by atoms with Crippen molar-refractivity contribution >= 4 is 0 Å². The summed E-state index contributed by atoms with van der Waals surface area (Å²) >= 11 is 0. The first-order chi connectivity index (χ1) is 8.75. The van der Waals surface area contributed by atoms with E-state index in [1.54, 1.807) is 0 Å². The molecule has 3 rings (SSSR count). The highest BCUT2D eigenvalue weighted by molar-refractivity contribution is 5.23. The molecule has 0 radical (unpaired) electrons. The van der Waals surface area contributed by atoms with Crippen molar-refractivity contribution in [1.29, 1.82) is 5.26 Å². The fourth-order valence-corrected chi connectivity index (χ4v) is 3.84. The Morgan fingerprint density at radius 1 is 1.39 bits per heavy atom. The van der Waals surface area contributed by atoms with Gasteiger partial charge >= 0.3 is 0 Å². The molecular formula is C16H20N2. The predicted molar refractivity (Wildman–Crippen MR) is 71.9 cm³/mol. The van der Waals surface area contributed by atoms with Crippen molar-refractivity contribution in [3.8, 4) is 6.07 Å². The molecule has 3 atom stereocenters. The molecule has 94 valence electrons. The molecule has 2 nitrogen and oxygen atoms in total. The standard InChI is InChI=1S/C16H20N2/c1-13(15-7-3-2-4-8-15)18-11-14-6-5-9-16(18,10-14)12-17/h2-4,7-8,13-14H,5-6,9-11H2,1H3/t13-,14?,16?/m1/s1. The van der Waals surface area contributed by atoms with Gasteiger partial charge in [0.1, 0.15) is 5.54 Å². The van der Waals surface area contributed by atoms with Crippen LogP contribution in [0.1, 0.15) is 44.2 Å². The Hall–Kier alpha value is -1.33. The molecule has 2 bridgehead atoms. The van der Waals surface area contributed by atoms with Crippen molar-refractivity contribution in [2.45, 2.75) is 44.2 Å². The van der Waals surface area contributed by atoms with E-state index in [1.807, 2.05) is 0 Å². The normalized spacial score (nSPS) is 33.0. The maximum Gasteiger partial charge on any atom is 0.110 e. The van der Waals surface area contributed by atoms with Gasteiger partial charge in [0.2, 0.25) is 0 Å². The molecule has 2 aliphatic rings. The second kappa shape index (κ2) is 4.40. The number of benzene rings is 1. The summed E-state index contributed by atoms with van der Waals surface area (Å²) in [7, 11) is 0. The largest absolute Gasteiger partial charge is 0.278 e. The van der Waals surface area contributed by atoms with Crippen LogP contribution in [-0.2, 0) is 0 Å². The first-order valence-electron chi connectivity index (χ1n) is 6.98. The van der Waals surface area contributed by atoms with Gasteiger partial charge in [0, 0.05) is 12.6 Å². The number of nitrogens with zero attached hydrogens (tertiary/aromatic N) is 2. The van der Waals surface area contributed by atoms with Crippen molar-refractivity contribution < 1.29 is 0 Å². The molecule has 0 N–H and O–H groups in total. The fraction of sp³-hybridized carbons (Fsp3) is 0.562. The first-order valence-corrected chi connectivity index (χ1v) is 6.98. The Kier molecular flexibility index (Phi) is 2.87. The van der Waals surface area contributed by atoms with Gasteiger partial charge in [-0.25, -0.2) is 0 Å². The van der Waals surface area contributed by atoms with E-state index >= 15 is 0 Å². The van der Waals surface area contributed by atoms with Crippen molar-refractivity contribution in [3.63, 3.8) is 0 Å². The number of nitriles is 1. The quantitative estimate of drug-likeness (QED) is 0.791. The summed E-state index contributed by atoms with van der Waals surface area (Å²) in [6, 6.07) is 13.6. The van der Waals surface area contributed by atoms with Crippen LogP contribution < -0.4 is 0 Å². The van der Waals surface area contributed by atoms with Crippen LogP contribution in [0.3, 0.4) is 0 Å². The lowest BCUT2D eigenvalue weighted by Crippen LogP contribution is -2.43. The highest BCUT2D eigenvalue weighted by Gasteiger charge is 2.49. The lowest BCUT2D eigenvalue weighted by Gasteiger charge is -2.37. The molecule has 0 spiro atoms. The third-order valence-corrected chi connectivity index (χ3v) is 4.79. The summed E-state index contributed by atoms with van der Waals surface area (Å²) in [5, 5.41) is 9.64. The monoisotopic (exact) mass is 240 g/mol. The maximum absolute atomic E-state index is 9.64. The van der Waals surface area contributed by atoms with Gasteiger partial charge in [-0.2, -0.15) is 5.26 Å². The smallest absolute Gasteiger partial charge is 0.110 e. The molecule has 2 unspecified atom stereocenters. The van der Waals surface area contributed by atoms with Crippen LogP contribution in [-0.4, -0.2) is 17.0 Å². The molecule has 1 aliphatic heterocycles. The Bertz CT molecular complexity index is 462. The van der Waals surface area contributed by atoms with Gasteiger partial charge in [0.05, 0.1) is 6.07 Å². The zero-order valence-corrected chi connectivity index (χ0v) is 11.0. The molecule has 2 fully saturated rings. The summed E-state index contributed by atoms with van der Waals surface area (Å²) in [4.78, 5) is 2.46. The van der Waals surface area contributed by atoms with Crippen molar-refractivity contribution in [3.05, 3.63) is 35.9 Å².